The number of benzene rings is 1. The molecule has 150 valence electrons. The van der Waals surface area contributed by atoms with Gasteiger partial charge >= 0.3 is 5.97 Å². The van der Waals surface area contributed by atoms with Gasteiger partial charge in [0, 0.05) is 38.1 Å². The summed E-state index contributed by atoms with van der Waals surface area (Å²) in [6.45, 7) is 3.21. The molecule has 1 aromatic carbocycles. The number of carboxylic acids is 1. The van der Waals surface area contributed by atoms with E-state index in [1.807, 2.05) is 37.3 Å². The van der Waals surface area contributed by atoms with Crippen molar-refractivity contribution in [3.8, 4) is 11.3 Å². The average molecular weight is 386 g/mol. The van der Waals surface area contributed by atoms with E-state index in [4.69, 9.17) is 14.3 Å². The van der Waals surface area contributed by atoms with Gasteiger partial charge in [-0.3, -0.25) is 9.59 Å². The van der Waals surface area contributed by atoms with Gasteiger partial charge in [0.15, 0.2) is 11.7 Å². The van der Waals surface area contributed by atoms with Crippen molar-refractivity contribution in [2.24, 2.45) is 0 Å². The molecule has 2 heterocycles. The van der Waals surface area contributed by atoms with Crippen LogP contribution < -0.4 is 0 Å². The molecular formula is C21H26N2O5. The molecule has 7 nitrogen and oxygen atoms in total. The van der Waals surface area contributed by atoms with Crippen LogP contribution in [0.3, 0.4) is 0 Å². The lowest BCUT2D eigenvalue weighted by Gasteiger charge is -2.24. The standard InChI is InChI=1S/C21H26N2O5/c1-15-21(16-6-3-2-4-7-16)28-18(22-15)9-10-19(24)23(12-11-20(25)26)14-17-8-5-13-27-17/h2-4,6-7,17H,5,8-14H2,1H3,(H,25,26)/t17-/m0/s1. The van der Waals surface area contributed by atoms with Gasteiger partial charge in [-0.2, -0.15) is 0 Å². The Bertz CT molecular complexity index is 796. The number of aliphatic carboxylic acids is 1. The summed E-state index contributed by atoms with van der Waals surface area (Å²) in [7, 11) is 0. The molecule has 1 saturated heterocycles. The third-order valence-electron chi connectivity index (χ3n) is 4.83. The van der Waals surface area contributed by atoms with Crippen LogP contribution in [0.15, 0.2) is 34.7 Å². The van der Waals surface area contributed by atoms with E-state index < -0.39 is 5.97 Å². The minimum absolute atomic E-state index is 0.00795. The van der Waals surface area contributed by atoms with Gasteiger partial charge in [0.1, 0.15) is 0 Å². The highest BCUT2D eigenvalue weighted by molar-refractivity contribution is 5.77. The maximum Gasteiger partial charge on any atom is 0.305 e. The van der Waals surface area contributed by atoms with Crippen LogP contribution in [0.1, 0.15) is 37.3 Å². The van der Waals surface area contributed by atoms with E-state index in [0.29, 0.717) is 31.2 Å². The third kappa shape index (κ3) is 5.42. The Morgan fingerprint density at radius 3 is 2.71 bits per heavy atom. The van der Waals surface area contributed by atoms with Crippen LogP contribution >= 0.6 is 0 Å². The van der Waals surface area contributed by atoms with Crippen molar-refractivity contribution in [3.05, 3.63) is 41.9 Å². The number of rotatable bonds is 9. The maximum absolute atomic E-state index is 12.7. The summed E-state index contributed by atoms with van der Waals surface area (Å²) in [5.74, 6) is 0.208. The van der Waals surface area contributed by atoms with Crippen molar-refractivity contribution in [2.45, 2.75) is 45.1 Å². The molecule has 28 heavy (non-hydrogen) atoms. The topological polar surface area (TPSA) is 92.9 Å². The molecule has 1 aliphatic rings. The molecule has 1 aliphatic heterocycles. The van der Waals surface area contributed by atoms with Crippen LogP contribution in [0, 0.1) is 6.92 Å². The van der Waals surface area contributed by atoms with Gasteiger partial charge in [-0.1, -0.05) is 30.3 Å². The zero-order chi connectivity index (χ0) is 19.9. The lowest BCUT2D eigenvalue weighted by Crippen LogP contribution is -2.38. The SMILES string of the molecule is Cc1nc(CCC(=O)N(CCC(=O)O)C[C@@H]2CCCO2)oc1-c1ccccc1. The number of amides is 1. The van der Waals surface area contributed by atoms with Crippen molar-refractivity contribution < 1.29 is 23.8 Å². The van der Waals surface area contributed by atoms with Gasteiger partial charge in [-0.25, -0.2) is 4.98 Å². The Labute approximate surface area is 164 Å². The molecule has 2 aromatic rings. The number of hydrogen-bond donors (Lipinski definition) is 1. The van der Waals surface area contributed by atoms with E-state index in [9.17, 15) is 9.59 Å². The largest absolute Gasteiger partial charge is 0.481 e. The normalized spacial score (nSPS) is 16.2. The van der Waals surface area contributed by atoms with E-state index >= 15 is 0 Å². The molecule has 3 rings (SSSR count). The summed E-state index contributed by atoms with van der Waals surface area (Å²) < 4.78 is 11.5. The third-order valence-corrected chi connectivity index (χ3v) is 4.83. The van der Waals surface area contributed by atoms with Gasteiger partial charge in [0.05, 0.1) is 18.2 Å². The van der Waals surface area contributed by atoms with Gasteiger partial charge < -0.3 is 19.2 Å². The van der Waals surface area contributed by atoms with E-state index in [1.165, 1.54) is 0 Å². The molecule has 0 spiro atoms. The lowest BCUT2D eigenvalue weighted by molar-refractivity contribution is -0.139. The molecular weight excluding hydrogens is 360 g/mol. The van der Waals surface area contributed by atoms with Crippen LogP contribution in [0.2, 0.25) is 0 Å². The van der Waals surface area contributed by atoms with Crippen molar-refractivity contribution >= 4 is 11.9 Å². The summed E-state index contributed by atoms with van der Waals surface area (Å²) in [5.41, 5.74) is 1.74. The Morgan fingerprint density at radius 2 is 2.04 bits per heavy atom. The van der Waals surface area contributed by atoms with Crippen LogP contribution in [0.25, 0.3) is 11.3 Å². The molecule has 7 heteroatoms. The number of carboxylic acid groups (broad SMARTS) is 1. The molecule has 0 radical (unpaired) electrons. The zero-order valence-electron chi connectivity index (χ0n) is 16.1. The first kappa shape index (κ1) is 20.1. The number of aryl methyl sites for hydroxylation is 2. The van der Waals surface area contributed by atoms with Crippen molar-refractivity contribution in [1.29, 1.82) is 0 Å². The minimum Gasteiger partial charge on any atom is -0.481 e. The number of oxazole rings is 1. The van der Waals surface area contributed by atoms with Crippen LogP contribution in [0.5, 0.6) is 0 Å². The first-order valence-corrected chi connectivity index (χ1v) is 9.66. The van der Waals surface area contributed by atoms with Crippen molar-refractivity contribution in [3.63, 3.8) is 0 Å². The van der Waals surface area contributed by atoms with Crippen LogP contribution in [-0.2, 0) is 20.7 Å². The number of carbonyl (C=O) groups excluding carboxylic acids is 1. The van der Waals surface area contributed by atoms with Crippen molar-refractivity contribution in [1.82, 2.24) is 9.88 Å². The molecule has 1 N–H and O–H groups in total. The van der Waals surface area contributed by atoms with E-state index in [2.05, 4.69) is 4.98 Å². The molecule has 1 fully saturated rings. The Morgan fingerprint density at radius 1 is 1.25 bits per heavy atom. The predicted octanol–water partition coefficient (Wildman–Crippen LogP) is 3.06. The monoisotopic (exact) mass is 386 g/mol. The summed E-state index contributed by atoms with van der Waals surface area (Å²) in [6, 6.07) is 9.72. The fraction of sp³-hybridized carbons (Fsp3) is 0.476. The van der Waals surface area contributed by atoms with Gasteiger partial charge in [-0.15, -0.1) is 0 Å². The van der Waals surface area contributed by atoms with Crippen molar-refractivity contribution in [2.75, 3.05) is 19.7 Å². The number of hydrogen-bond acceptors (Lipinski definition) is 5. The molecule has 0 aliphatic carbocycles. The fourth-order valence-electron chi connectivity index (χ4n) is 3.37. The quantitative estimate of drug-likeness (QED) is 0.712. The molecule has 1 aromatic heterocycles. The molecule has 0 unspecified atom stereocenters. The maximum atomic E-state index is 12.7. The van der Waals surface area contributed by atoms with Crippen LogP contribution in [0.4, 0.5) is 0 Å². The molecule has 1 amide bonds. The van der Waals surface area contributed by atoms with Gasteiger partial charge in [-0.05, 0) is 19.8 Å². The summed E-state index contributed by atoms with van der Waals surface area (Å²) >= 11 is 0. The Hall–Kier alpha value is -2.67. The fourth-order valence-corrected chi connectivity index (χ4v) is 3.37. The summed E-state index contributed by atoms with van der Waals surface area (Å²) in [5, 5.41) is 8.96. The van der Waals surface area contributed by atoms with E-state index in [0.717, 1.165) is 24.1 Å². The van der Waals surface area contributed by atoms with E-state index in [1.54, 1.807) is 4.90 Å². The zero-order valence-corrected chi connectivity index (χ0v) is 16.1. The highest BCUT2D eigenvalue weighted by atomic mass is 16.5. The Kier molecular flexibility index (Phi) is 6.81. The second-order valence-corrected chi connectivity index (χ2v) is 7.01. The number of carbonyl (C=O) groups is 2. The average Bonchev–Trinajstić information content (AvgIpc) is 3.33. The molecule has 0 bridgehead atoms. The summed E-state index contributed by atoms with van der Waals surface area (Å²) in [4.78, 5) is 29.6. The first-order valence-electron chi connectivity index (χ1n) is 9.66. The molecule has 0 saturated carbocycles. The van der Waals surface area contributed by atoms with Crippen LogP contribution in [-0.4, -0.2) is 52.7 Å². The second-order valence-electron chi connectivity index (χ2n) is 7.01. The smallest absolute Gasteiger partial charge is 0.305 e. The highest BCUT2D eigenvalue weighted by Gasteiger charge is 2.23. The summed E-state index contributed by atoms with van der Waals surface area (Å²) in [6.07, 6.45) is 2.39. The van der Waals surface area contributed by atoms with Gasteiger partial charge in [0.2, 0.25) is 5.91 Å². The van der Waals surface area contributed by atoms with Gasteiger partial charge in [0.25, 0.3) is 0 Å². The highest BCUT2D eigenvalue weighted by Crippen LogP contribution is 2.24. The van der Waals surface area contributed by atoms with E-state index in [-0.39, 0.29) is 31.4 Å². The second kappa shape index (κ2) is 9.50. The molecule has 1 atom stereocenters. The predicted molar refractivity (Wildman–Crippen MR) is 103 cm³/mol. The number of nitrogens with zero attached hydrogens (tertiary/aromatic N) is 2. The number of ether oxygens (including phenoxy) is 1. The Balaban J connectivity index is 1.60. The minimum atomic E-state index is -0.916. The first-order chi connectivity index (χ1) is 13.5. The number of aromatic nitrogens is 1. The lowest BCUT2D eigenvalue weighted by atomic mass is 10.1.